The van der Waals surface area contributed by atoms with Crippen LogP contribution in [0.25, 0.3) is 0 Å². The minimum atomic E-state index is -0.0916. The third kappa shape index (κ3) is 1.56. The molecule has 13 heavy (non-hydrogen) atoms. The lowest BCUT2D eigenvalue weighted by molar-refractivity contribution is -0.121. The van der Waals surface area contributed by atoms with Crippen molar-refractivity contribution in [1.29, 1.82) is 0 Å². The van der Waals surface area contributed by atoms with E-state index < -0.39 is 0 Å². The number of amides is 1. The van der Waals surface area contributed by atoms with Crippen LogP contribution >= 0.6 is 11.3 Å². The predicted octanol–water partition coefficient (Wildman–Crippen LogP) is 1.67. The summed E-state index contributed by atoms with van der Waals surface area (Å²) >= 11 is 1.35. The van der Waals surface area contributed by atoms with Crippen LogP contribution < -0.4 is 5.32 Å². The van der Waals surface area contributed by atoms with Crippen LogP contribution in [-0.2, 0) is 4.79 Å². The van der Waals surface area contributed by atoms with Crippen molar-refractivity contribution in [1.82, 2.24) is 10.2 Å². The molecule has 1 saturated carbocycles. The molecule has 2 rings (SSSR count). The van der Waals surface area contributed by atoms with E-state index in [1.807, 2.05) is 6.92 Å². The Bertz CT molecular complexity index is 305. The Labute approximate surface area is 80.4 Å². The molecule has 5 heteroatoms. The highest BCUT2D eigenvalue weighted by molar-refractivity contribution is 7.13. The lowest BCUT2D eigenvalue weighted by atomic mass is 10.0. The number of carbonyl (C=O) groups excluding carboxylic acids is 1. The highest BCUT2D eigenvalue weighted by atomic mass is 32.1. The number of aromatic nitrogens is 2. The lowest BCUT2D eigenvalue weighted by Gasteiger charge is -2.09. The van der Waals surface area contributed by atoms with Gasteiger partial charge in [-0.2, -0.15) is 0 Å². The first-order valence-electron chi connectivity index (χ1n) is 4.34. The number of carbonyl (C=O) groups is 1. The van der Waals surface area contributed by atoms with Gasteiger partial charge in [0.25, 0.3) is 0 Å². The van der Waals surface area contributed by atoms with Crippen LogP contribution in [0.1, 0.15) is 26.2 Å². The van der Waals surface area contributed by atoms with E-state index in [9.17, 15) is 4.79 Å². The van der Waals surface area contributed by atoms with E-state index in [1.54, 1.807) is 5.51 Å². The molecule has 1 aliphatic rings. The standard InChI is InChI=1S/C8H11N3OS/c1-2-8(3-4-8)6(12)10-7-11-9-5-13-7/h5H,2-4H2,1H3,(H,10,11,12). The molecular weight excluding hydrogens is 186 g/mol. The minimum absolute atomic E-state index is 0.0916. The molecule has 1 aromatic rings. The molecule has 1 aromatic heterocycles. The van der Waals surface area contributed by atoms with Gasteiger partial charge >= 0.3 is 0 Å². The molecule has 0 aromatic carbocycles. The zero-order valence-corrected chi connectivity index (χ0v) is 8.23. The number of hydrogen-bond acceptors (Lipinski definition) is 4. The van der Waals surface area contributed by atoms with Crippen LogP contribution in [0.3, 0.4) is 0 Å². The van der Waals surface area contributed by atoms with Gasteiger partial charge in [0, 0.05) is 5.41 Å². The van der Waals surface area contributed by atoms with Gasteiger partial charge in [-0.05, 0) is 19.3 Å². The van der Waals surface area contributed by atoms with Crippen molar-refractivity contribution in [2.24, 2.45) is 5.41 Å². The highest BCUT2D eigenvalue weighted by Crippen LogP contribution is 2.49. The second-order valence-corrected chi connectivity index (χ2v) is 4.17. The van der Waals surface area contributed by atoms with Gasteiger partial charge in [-0.1, -0.05) is 18.3 Å². The van der Waals surface area contributed by atoms with Crippen LogP contribution in [0.2, 0.25) is 0 Å². The maximum Gasteiger partial charge on any atom is 0.232 e. The van der Waals surface area contributed by atoms with Crippen molar-refractivity contribution in [3.05, 3.63) is 5.51 Å². The summed E-state index contributed by atoms with van der Waals surface area (Å²) in [7, 11) is 0. The topological polar surface area (TPSA) is 54.9 Å². The maximum atomic E-state index is 11.7. The van der Waals surface area contributed by atoms with Gasteiger partial charge in [-0.15, -0.1) is 10.2 Å². The first-order chi connectivity index (χ1) is 6.27. The molecule has 0 atom stereocenters. The number of anilines is 1. The molecule has 0 unspecified atom stereocenters. The summed E-state index contributed by atoms with van der Waals surface area (Å²) in [6.45, 7) is 2.05. The molecule has 0 saturated heterocycles. The van der Waals surface area contributed by atoms with E-state index in [-0.39, 0.29) is 11.3 Å². The zero-order chi connectivity index (χ0) is 9.31. The third-order valence-electron chi connectivity index (χ3n) is 2.59. The Morgan fingerprint density at radius 2 is 2.54 bits per heavy atom. The fraction of sp³-hybridized carbons (Fsp3) is 0.625. The summed E-state index contributed by atoms with van der Waals surface area (Å²) in [5.41, 5.74) is 1.52. The first-order valence-corrected chi connectivity index (χ1v) is 5.22. The molecule has 1 heterocycles. The quantitative estimate of drug-likeness (QED) is 0.801. The van der Waals surface area contributed by atoms with Crippen molar-refractivity contribution in [3.8, 4) is 0 Å². The molecule has 70 valence electrons. The Morgan fingerprint density at radius 3 is 3.00 bits per heavy atom. The normalized spacial score (nSPS) is 18.2. The van der Waals surface area contributed by atoms with Crippen LogP contribution in [0.4, 0.5) is 5.13 Å². The summed E-state index contributed by atoms with van der Waals surface area (Å²) < 4.78 is 0. The molecule has 0 aliphatic heterocycles. The Hall–Kier alpha value is -0.970. The van der Waals surface area contributed by atoms with Crippen molar-refractivity contribution in [2.45, 2.75) is 26.2 Å². The zero-order valence-electron chi connectivity index (χ0n) is 7.41. The third-order valence-corrected chi connectivity index (χ3v) is 3.20. The monoisotopic (exact) mass is 197 g/mol. The van der Waals surface area contributed by atoms with Gasteiger partial charge in [0.1, 0.15) is 5.51 Å². The smallest absolute Gasteiger partial charge is 0.232 e. The van der Waals surface area contributed by atoms with Gasteiger partial charge < -0.3 is 5.32 Å². The van der Waals surface area contributed by atoms with E-state index in [1.165, 1.54) is 11.3 Å². The predicted molar refractivity (Wildman–Crippen MR) is 50.5 cm³/mol. The Balaban J connectivity index is 2.00. The summed E-state index contributed by atoms with van der Waals surface area (Å²) in [6, 6.07) is 0. The molecule has 1 amide bonds. The Morgan fingerprint density at radius 1 is 1.77 bits per heavy atom. The molecular formula is C8H11N3OS. The van der Waals surface area contributed by atoms with E-state index in [0.717, 1.165) is 19.3 Å². The van der Waals surface area contributed by atoms with Crippen molar-refractivity contribution < 1.29 is 4.79 Å². The largest absolute Gasteiger partial charge is 0.300 e. The first kappa shape index (κ1) is 8.62. The molecule has 0 spiro atoms. The average molecular weight is 197 g/mol. The summed E-state index contributed by atoms with van der Waals surface area (Å²) in [5, 5.41) is 10.8. The van der Waals surface area contributed by atoms with E-state index >= 15 is 0 Å². The van der Waals surface area contributed by atoms with Crippen molar-refractivity contribution in [2.75, 3.05) is 5.32 Å². The number of hydrogen-bond donors (Lipinski definition) is 1. The molecule has 1 N–H and O–H groups in total. The van der Waals surface area contributed by atoms with Gasteiger partial charge in [0.05, 0.1) is 0 Å². The number of nitrogens with zero attached hydrogens (tertiary/aromatic N) is 2. The molecule has 0 bridgehead atoms. The molecule has 1 fully saturated rings. The lowest BCUT2D eigenvalue weighted by Crippen LogP contribution is -2.23. The van der Waals surface area contributed by atoms with Crippen molar-refractivity contribution >= 4 is 22.4 Å². The second-order valence-electron chi connectivity index (χ2n) is 3.33. The van der Waals surface area contributed by atoms with Gasteiger partial charge in [0.15, 0.2) is 0 Å². The second kappa shape index (κ2) is 3.06. The van der Waals surface area contributed by atoms with Gasteiger partial charge in [-0.3, -0.25) is 4.79 Å². The Kier molecular flexibility index (Phi) is 2.03. The van der Waals surface area contributed by atoms with E-state index in [2.05, 4.69) is 15.5 Å². The van der Waals surface area contributed by atoms with Crippen LogP contribution in [-0.4, -0.2) is 16.1 Å². The molecule has 0 radical (unpaired) electrons. The number of rotatable bonds is 3. The highest BCUT2D eigenvalue weighted by Gasteiger charge is 2.48. The molecule has 1 aliphatic carbocycles. The minimum Gasteiger partial charge on any atom is -0.300 e. The van der Waals surface area contributed by atoms with Crippen LogP contribution in [0.5, 0.6) is 0 Å². The summed E-state index contributed by atoms with van der Waals surface area (Å²) in [5.74, 6) is 0.103. The van der Waals surface area contributed by atoms with Crippen LogP contribution in [0.15, 0.2) is 5.51 Å². The van der Waals surface area contributed by atoms with Crippen molar-refractivity contribution in [3.63, 3.8) is 0 Å². The van der Waals surface area contributed by atoms with E-state index in [0.29, 0.717) is 5.13 Å². The number of nitrogens with one attached hydrogen (secondary N) is 1. The fourth-order valence-electron chi connectivity index (χ4n) is 1.35. The SMILES string of the molecule is CCC1(C(=O)Nc2nncs2)CC1. The maximum absolute atomic E-state index is 11.7. The summed E-state index contributed by atoms with van der Waals surface area (Å²) in [4.78, 5) is 11.7. The van der Waals surface area contributed by atoms with Gasteiger partial charge in [0.2, 0.25) is 11.0 Å². The van der Waals surface area contributed by atoms with E-state index in [4.69, 9.17) is 0 Å². The average Bonchev–Trinajstić information content (AvgIpc) is 2.79. The fourth-order valence-corrected chi connectivity index (χ4v) is 1.79. The summed E-state index contributed by atoms with van der Waals surface area (Å²) in [6.07, 6.45) is 2.93. The van der Waals surface area contributed by atoms with Crippen LogP contribution in [0, 0.1) is 5.41 Å². The van der Waals surface area contributed by atoms with Gasteiger partial charge in [-0.25, -0.2) is 0 Å². The molecule has 4 nitrogen and oxygen atoms in total.